The first-order valence-corrected chi connectivity index (χ1v) is 7.52. The fraction of sp³-hybridized carbons (Fsp3) is 0.533. The van der Waals surface area contributed by atoms with Gasteiger partial charge in [0, 0.05) is 12.2 Å². The highest BCUT2D eigenvalue weighted by molar-refractivity contribution is 6.32. The summed E-state index contributed by atoms with van der Waals surface area (Å²) in [7, 11) is 0. The van der Waals surface area contributed by atoms with E-state index in [1.807, 2.05) is 13.0 Å². The molecule has 4 nitrogen and oxygen atoms in total. The van der Waals surface area contributed by atoms with E-state index < -0.39 is 0 Å². The van der Waals surface area contributed by atoms with Crippen LogP contribution in [0, 0.1) is 5.92 Å². The summed E-state index contributed by atoms with van der Waals surface area (Å²) in [6, 6.07) is 5.36. The van der Waals surface area contributed by atoms with Gasteiger partial charge in [-0.1, -0.05) is 18.5 Å². The zero-order valence-electron chi connectivity index (χ0n) is 11.7. The van der Waals surface area contributed by atoms with E-state index in [1.165, 1.54) is 0 Å². The molecular formula is C15H21ClN2O2. The number of ether oxygens (including phenoxy) is 1. The van der Waals surface area contributed by atoms with Gasteiger partial charge in [0.05, 0.1) is 17.5 Å². The van der Waals surface area contributed by atoms with Crippen molar-refractivity contribution in [3.05, 3.63) is 23.2 Å². The van der Waals surface area contributed by atoms with Crippen molar-refractivity contribution < 1.29 is 9.53 Å². The molecule has 1 aromatic carbocycles. The van der Waals surface area contributed by atoms with Crippen LogP contribution in [0.15, 0.2) is 18.2 Å². The molecule has 1 aromatic rings. The Bertz CT molecular complexity index is 459. The van der Waals surface area contributed by atoms with Crippen molar-refractivity contribution in [1.82, 2.24) is 5.32 Å². The largest absolute Gasteiger partial charge is 0.492 e. The maximum Gasteiger partial charge on any atom is 0.228 e. The van der Waals surface area contributed by atoms with Gasteiger partial charge in [0.2, 0.25) is 5.91 Å². The van der Waals surface area contributed by atoms with Gasteiger partial charge < -0.3 is 15.4 Å². The molecule has 0 aromatic heterocycles. The van der Waals surface area contributed by atoms with Crippen LogP contribution in [-0.4, -0.2) is 25.6 Å². The van der Waals surface area contributed by atoms with Crippen molar-refractivity contribution in [1.29, 1.82) is 0 Å². The molecule has 2 N–H and O–H groups in total. The lowest BCUT2D eigenvalue weighted by Gasteiger charge is -2.22. The van der Waals surface area contributed by atoms with E-state index in [0.717, 1.165) is 38.0 Å². The van der Waals surface area contributed by atoms with E-state index in [-0.39, 0.29) is 11.8 Å². The third-order valence-corrected chi connectivity index (χ3v) is 3.62. The Balaban J connectivity index is 1.95. The molecule has 1 heterocycles. The van der Waals surface area contributed by atoms with Crippen molar-refractivity contribution in [3.63, 3.8) is 0 Å². The molecule has 1 fully saturated rings. The molecule has 1 amide bonds. The Morgan fingerprint density at radius 2 is 2.40 bits per heavy atom. The van der Waals surface area contributed by atoms with Crippen LogP contribution in [0.4, 0.5) is 5.69 Å². The van der Waals surface area contributed by atoms with E-state index in [1.54, 1.807) is 12.1 Å². The maximum atomic E-state index is 12.1. The number of rotatable bonds is 5. The smallest absolute Gasteiger partial charge is 0.228 e. The van der Waals surface area contributed by atoms with Crippen LogP contribution in [0.25, 0.3) is 0 Å². The van der Waals surface area contributed by atoms with Gasteiger partial charge in [-0.25, -0.2) is 0 Å². The van der Waals surface area contributed by atoms with Gasteiger partial charge in [-0.2, -0.15) is 0 Å². The zero-order chi connectivity index (χ0) is 14.4. The lowest BCUT2D eigenvalue weighted by atomic mass is 9.99. The second-order valence-corrected chi connectivity index (χ2v) is 5.43. The highest BCUT2D eigenvalue weighted by Crippen LogP contribution is 2.28. The molecule has 5 heteroatoms. The van der Waals surface area contributed by atoms with Crippen LogP contribution in [0.3, 0.4) is 0 Å². The third kappa shape index (κ3) is 4.12. The molecule has 0 unspecified atom stereocenters. The molecule has 1 aliphatic heterocycles. The molecule has 0 bridgehead atoms. The average molecular weight is 297 g/mol. The highest BCUT2D eigenvalue weighted by atomic mass is 35.5. The summed E-state index contributed by atoms with van der Waals surface area (Å²) >= 11 is 6.15. The standard InChI is InChI=1S/C15H21ClN2O2/c1-2-8-20-14-6-5-12(9-13(14)16)18-15(19)11-4-3-7-17-10-11/h5-6,9,11,17H,2-4,7-8,10H2,1H3,(H,18,19)/t11-/m0/s1. The van der Waals surface area contributed by atoms with Crippen LogP contribution < -0.4 is 15.4 Å². The number of hydrogen-bond donors (Lipinski definition) is 2. The third-order valence-electron chi connectivity index (χ3n) is 3.33. The molecular weight excluding hydrogens is 276 g/mol. The summed E-state index contributed by atoms with van der Waals surface area (Å²) in [5, 5.41) is 6.68. The number of amides is 1. The predicted octanol–water partition coefficient (Wildman–Crippen LogP) is 3.07. The van der Waals surface area contributed by atoms with Crippen molar-refractivity contribution >= 4 is 23.2 Å². The fourth-order valence-corrected chi connectivity index (χ4v) is 2.46. The minimum Gasteiger partial charge on any atom is -0.492 e. The van der Waals surface area contributed by atoms with Gasteiger partial charge in [-0.15, -0.1) is 0 Å². The van der Waals surface area contributed by atoms with Crippen LogP contribution in [0.5, 0.6) is 5.75 Å². The van der Waals surface area contributed by atoms with E-state index >= 15 is 0 Å². The SMILES string of the molecule is CCCOc1ccc(NC(=O)[C@H]2CCCNC2)cc1Cl. The topological polar surface area (TPSA) is 50.4 Å². The van der Waals surface area contributed by atoms with Crippen molar-refractivity contribution in [2.24, 2.45) is 5.92 Å². The molecule has 110 valence electrons. The Hall–Kier alpha value is -1.26. The zero-order valence-corrected chi connectivity index (χ0v) is 12.5. The number of carbonyl (C=O) groups excluding carboxylic acids is 1. The summed E-state index contributed by atoms with van der Waals surface area (Å²) in [5.74, 6) is 0.750. The minimum atomic E-state index is 0.0403. The average Bonchev–Trinajstić information content (AvgIpc) is 2.47. The molecule has 0 saturated carbocycles. The maximum absolute atomic E-state index is 12.1. The fourth-order valence-electron chi connectivity index (χ4n) is 2.23. The Kier molecular flexibility index (Phi) is 5.68. The van der Waals surface area contributed by atoms with Crippen LogP contribution >= 0.6 is 11.6 Å². The van der Waals surface area contributed by atoms with Crippen LogP contribution in [-0.2, 0) is 4.79 Å². The highest BCUT2D eigenvalue weighted by Gasteiger charge is 2.21. The monoisotopic (exact) mass is 296 g/mol. The summed E-state index contributed by atoms with van der Waals surface area (Å²) in [5.41, 5.74) is 0.717. The Morgan fingerprint density at radius 1 is 1.55 bits per heavy atom. The molecule has 1 aliphatic rings. The predicted molar refractivity (Wildman–Crippen MR) is 81.5 cm³/mol. The molecule has 1 atom stereocenters. The number of anilines is 1. The molecule has 0 aliphatic carbocycles. The molecule has 2 rings (SSSR count). The second-order valence-electron chi connectivity index (χ2n) is 5.03. The van der Waals surface area contributed by atoms with Crippen molar-refractivity contribution in [2.75, 3.05) is 25.0 Å². The lowest BCUT2D eigenvalue weighted by Crippen LogP contribution is -2.37. The Morgan fingerprint density at radius 3 is 3.05 bits per heavy atom. The van der Waals surface area contributed by atoms with Crippen molar-refractivity contribution in [2.45, 2.75) is 26.2 Å². The van der Waals surface area contributed by atoms with Gasteiger partial charge in [0.1, 0.15) is 5.75 Å². The summed E-state index contributed by atoms with van der Waals surface area (Å²) in [4.78, 5) is 12.1. The summed E-state index contributed by atoms with van der Waals surface area (Å²) in [6.45, 7) is 4.43. The normalized spacial score (nSPS) is 18.6. The molecule has 1 saturated heterocycles. The number of hydrogen-bond acceptors (Lipinski definition) is 3. The first kappa shape index (κ1) is 15.1. The Labute approximate surface area is 124 Å². The number of nitrogens with one attached hydrogen (secondary N) is 2. The van der Waals surface area contributed by atoms with E-state index in [2.05, 4.69) is 10.6 Å². The van der Waals surface area contributed by atoms with Crippen LogP contribution in [0.2, 0.25) is 5.02 Å². The first-order valence-electron chi connectivity index (χ1n) is 7.14. The lowest BCUT2D eigenvalue weighted by molar-refractivity contribution is -0.120. The van der Waals surface area contributed by atoms with Gasteiger partial charge in [-0.3, -0.25) is 4.79 Å². The quantitative estimate of drug-likeness (QED) is 0.878. The number of carbonyl (C=O) groups is 1. The summed E-state index contributed by atoms with van der Waals surface area (Å²) in [6.07, 6.45) is 2.91. The summed E-state index contributed by atoms with van der Waals surface area (Å²) < 4.78 is 5.51. The number of piperidine rings is 1. The van der Waals surface area contributed by atoms with Gasteiger partial charge in [0.25, 0.3) is 0 Å². The van der Waals surface area contributed by atoms with E-state index in [4.69, 9.17) is 16.3 Å². The molecule has 20 heavy (non-hydrogen) atoms. The molecule has 0 spiro atoms. The van der Waals surface area contributed by atoms with Gasteiger partial charge in [-0.05, 0) is 44.0 Å². The van der Waals surface area contributed by atoms with Gasteiger partial charge >= 0.3 is 0 Å². The van der Waals surface area contributed by atoms with E-state index in [9.17, 15) is 4.79 Å². The minimum absolute atomic E-state index is 0.0403. The second kappa shape index (κ2) is 7.50. The van der Waals surface area contributed by atoms with E-state index in [0.29, 0.717) is 17.4 Å². The number of benzene rings is 1. The number of halogens is 1. The first-order chi connectivity index (χ1) is 9.70. The van der Waals surface area contributed by atoms with Crippen molar-refractivity contribution in [3.8, 4) is 5.75 Å². The van der Waals surface area contributed by atoms with Crippen LogP contribution in [0.1, 0.15) is 26.2 Å². The van der Waals surface area contributed by atoms with Gasteiger partial charge in [0.15, 0.2) is 0 Å². The molecule has 0 radical (unpaired) electrons.